The highest BCUT2D eigenvalue weighted by molar-refractivity contribution is 6.36. The van der Waals surface area contributed by atoms with Gasteiger partial charge < -0.3 is 10.5 Å². The molecule has 0 saturated heterocycles. The van der Waals surface area contributed by atoms with Crippen molar-refractivity contribution in [3.63, 3.8) is 0 Å². The molecule has 2 N–H and O–H groups in total. The minimum Gasteiger partial charge on any atom is -0.468 e. The summed E-state index contributed by atoms with van der Waals surface area (Å²) >= 11 is 11.7. The van der Waals surface area contributed by atoms with Crippen molar-refractivity contribution in [2.24, 2.45) is 5.73 Å². The number of benzene rings is 1. The van der Waals surface area contributed by atoms with Gasteiger partial charge in [0.25, 0.3) is 0 Å². The zero-order chi connectivity index (χ0) is 10.7. The highest BCUT2D eigenvalue weighted by Gasteiger charge is 2.21. The van der Waals surface area contributed by atoms with Gasteiger partial charge in [-0.1, -0.05) is 29.3 Å². The molecule has 0 radical (unpaired) electrons. The lowest BCUT2D eigenvalue weighted by molar-refractivity contribution is -0.142. The molecule has 0 saturated carbocycles. The van der Waals surface area contributed by atoms with Crippen LogP contribution < -0.4 is 5.73 Å². The van der Waals surface area contributed by atoms with Crippen LogP contribution in [-0.4, -0.2) is 13.1 Å². The second-order valence-electron chi connectivity index (χ2n) is 2.64. The SMILES string of the molecule is COC(=O)[C@H](N)c1c(Cl)cccc1Cl.Cl. The third kappa shape index (κ3) is 3.24. The van der Waals surface area contributed by atoms with Gasteiger partial charge in [-0.25, -0.2) is 0 Å². The molecule has 84 valence electrons. The Hall–Kier alpha value is -0.480. The molecule has 0 aromatic heterocycles. The zero-order valence-corrected chi connectivity index (χ0v) is 10.2. The molecule has 3 nitrogen and oxygen atoms in total. The Morgan fingerprint density at radius 3 is 2.27 bits per heavy atom. The molecule has 0 aliphatic heterocycles. The molecule has 0 bridgehead atoms. The second-order valence-corrected chi connectivity index (χ2v) is 3.45. The Kier molecular flexibility index (Phi) is 5.98. The molecule has 0 aliphatic rings. The topological polar surface area (TPSA) is 52.3 Å². The number of nitrogens with two attached hydrogens (primary N) is 1. The summed E-state index contributed by atoms with van der Waals surface area (Å²) in [7, 11) is 1.26. The van der Waals surface area contributed by atoms with Gasteiger partial charge in [0.1, 0.15) is 6.04 Å². The third-order valence-corrected chi connectivity index (χ3v) is 2.43. The Morgan fingerprint density at radius 1 is 1.40 bits per heavy atom. The van der Waals surface area contributed by atoms with E-state index in [-0.39, 0.29) is 12.4 Å². The van der Waals surface area contributed by atoms with Gasteiger partial charge in [-0.15, -0.1) is 12.4 Å². The molecule has 15 heavy (non-hydrogen) atoms. The van der Waals surface area contributed by atoms with Crippen LogP contribution in [0.15, 0.2) is 18.2 Å². The van der Waals surface area contributed by atoms with E-state index in [1.807, 2.05) is 0 Å². The largest absolute Gasteiger partial charge is 0.468 e. The van der Waals surface area contributed by atoms with Gasteiger partial charge in [-0.3, -0.25) is 4.79 Å². The fourth-order valence-corrected chi connectivity index (χ4v) is 1.69. The number of ether oxygens (including phenoxy) is 1. The maximum Gasteiger partial charge on any atom is 0.327 e. The summed E-state index contributed by atoms with van der Waals surface area (Å²) in [6, 6.07) is 3.97. The highest BCUT2D eigenvalue weighted by Crippen LogP contribution is 2.29. The number of carbonyl (C=O) groups excluding carboxylic acids is 1. The van der Waals surface area contributed by atoms with Crippen molar-refractivity contribution >= 4 is 41.6 Å². The lowest BCUT2D eigenvalue weighted by Gasteiger charge is -2.12. The first-order chi connectivity index (χ1) is 6.57. The Morgan fingerprint density at radius 2 is 1.87 bits per heavy atom. The summed E-state index contributed by atoms with van der Waals surface area (Å²) in [4.78, 5) is 11.2. The van der Waals surface area contributed by atoms with Gasteiger partial charge in [0.05, 0.1) is 7.11 Å². The predicted octanol–water partition coefficient (Wildman–Crippen LogP) is 2.59. The number of esters is 1. The quantitative estimate of drug-likeness (QED) is 0.841. The molecule has 1 aromatic rings. The average Bonchev–Trinajstić information content (AvgIpc) is 2.16. The summed E-state index contributed by atoms with van der Waals surface area (Å²) in [6.07, 6.45) is 0. The lowest BCUT2D eigenvalue weighted by atomic mass is 10.1. The van der Waals surface area contributed by atoms with Crippen molar-refractivity contribution in [3.8, 4) is 0 Å². The van der Waals surface area contributed by atoms with E-state index < -0.39 is 12.0 Å². The molecule has 0 unspecified atom stereocenters. The molecule has 1 aromatic carbocycles. The van der Waals surface area contributed by atoms with E-state index in [2.05, 4.69) is 4.74 Å². The van der Waals surface area contributed by atoms with Crippen LogP contribution in [0.3, 0.4) is 0 Å². The van der Waals surface area contributed by atoms with Gasteiger partial charge in [-0.2, -0.15) is 0 Å². The van der Waals surface area contributed by atoms with Crippen LogP contribution in [-0.2, 0) is 9.53 Å². The van der Waals surface area contributed by atoms with E-state index in [4.69, 9.17) is 28.9 Å². The summed E-state index contributed by atoms with van der Waals surface area (Å²) < 4.78 is 4.50. The van der Waals surface area contributed by atoms with E-state index >= 15 is 0 Å². The zero-order valence-electron chi connectivity index (χ0n) is 7.87. The number of methoxy groups -OCH3 is 1. The summed E-state index contributed by atoms with van der Waals surface area (Å²) in [5.41, 5.74) is 6.00. The molecular weight excluding hydrogens is 260 g/mol. The van der Waals surface area contributed by atoms with Crippen LogP contribution in [0.1, 0.15) is 11.6 Å². The van der Waals surface area contributed by atoms with E-state index in [9.17, 15) is 4.79 Å². The Labute approximate surface area is 104 Å². The molecule has 0 spiro atoms. The van der Waals surface area contributed by atoms with Gasteiger partial charge in [-0.05, 0) is 12.1 Å². The number of hydrogen-bond donors (Lipinski definition) is 1. The molecule has 0 heterocycles. The monoisotopic (exact) mass is 269 g/mol. The maximum absolute atomic E-state index is 11.2. The number of hydrogen-bond acceptors (Lipinski definition) is 3. The van der Waals surface area contributed by atoms with Crippen LogP contribution >= 0.6 is 35.6 Å². The lowest BCUT2D eigenvalue weighted by Crippen LogP contribution is -2.23. The van der Waals surface area contributed by atoms with Crippen molar-refractivity contribution in [3.05, 3.63) is 33.8 Å². The van der Waals surface area contributed by atoms with Crippen LogP contribution in [0.25, 0.3) is 0 Å². The van der Waals surface area contributed by atoms with Gasteiger partial charge in [0.15, 0.2) is 0 Å². The smallest absolute Gasteiger partial charge is 0.327 e. The van der Waals surface area contributed by atoms with E-state index in [1.54, 1.807) is 18.2 Å². The molecule has 6 heteroatoms. The number of carbonyl (C=O) groups is 1. The van der Waals surface area contributed by atoms with Crippen LogP contribution in [0, 0.1) is 0 Å². The van der Waals surface area contributed by atoms with Crippen molar-refractivity contribution < 1.29 is 9.53 Å². The first-order valence-electron chi connectivity index (χ1n) is 3.85. The minimum absolute atomic E-state index is 0. The molecule has 0 fully saturated rings. The number of rotatable bonds is 2. The van der Waals surface area contributed by atoms with Crippen molar-refractivity contribution in [1.82, 2.24) is 0 Å². The summed E-state index contributed by atoms with van der Waals surface area (Å²) in [6.45, 7) is 0. The first kappa shape index (κ1) is 14.5. The van der Waals surface area contributed by atoms with Crippen LogP contribution in [0.2, 0.25) is 10.0 Å². The fraction of sp³-hybridized carbons (Fsp3) is 0.222. The van der Waals surface area contributed by atoms with Crippen LogP contribution in [0.4, 0.5) is 0 Å². The van der Waals surface area contributed by atoms with E-state index in [1.165, 1.54) is 7.11 Å². The van der Waals surface area contributed by atoms with Gasteiger partial charge in [0.2, 0.25) is 0 Å². The van der Waals surface area contributed by atoms with Crippen molar-refractivity contribution in [1.29, 1.82) is 0 Å². The normalized spacial score (nSPS) is 11.5. The Bertz CT molecular complexity index is 337. The van der Waals surface area contributed by atoms with E-state index in [0.29, 0.717) is 15.6 Å². The molecule has 1 rings (SSSR count). The highest BCUT2D eigenvalue weighted by atomic mass is 35.5. The predicted molar refractivity (Wildman–Crippen MR) is 62.7 cm³/mol. The minimum atomic E-state index is -0.943. The fourth-order valence-electron chi connectivity index (χ4n) is 1.05. The molecule has 0 amide bonds. The van der Waals surface area contributed by atoms with E-state index in [0.717, 1.165) is 0 Å². The molecular formula is C9H10Cl3NO2. The Balaban J connectivity index is 0.00000196. The standard InChI is InChI=1S/C9H9Cl2NO2.ClH/c1-14-9(13)8(12)7-5(10)3-2-4-6(7)11;/h2-4,8H,12H2,1H3;1H/t8-;/m1./s1. The molecule has 1 atom stereocenters. The van der Waals surface area contributed by atoms with Gasteiger partial charge in [0, 0.05) is 15.6 Å². The molecule has 0 aliphatic carbocycles. The van der Waals surface area contributed by atoms with Gasteiger partial charge >= 0.3 is 5.97 Å². The second kappa shape index (κ2) is 6.18. The maximum atomic E-state index is 11.2. The summed E-state index contributed by atoms with van der Waals surface area (Å²) in [5, 5.41) is 0.714. The van der Waals surface area contributed by atoms with Crippen molar-refractivity contribution in [2.75, 3.05) is 7.11 Å². The number of halogens is 3. The summed E-state index contributed by atoms with van der Waals surface area (Å²) in [5.74, 6) is -0.569. The third-order valence-electron chi connectivity index (χ3n) is 1.77. The van der Waals surface area contributed by atoms with Crippen LogP contribution in [0.5, 0.6) is 0 Å². The average molecular weight is 271 g/mol. The van der Waals surface area contributed by atoms with Crippen molar-refractivity contribution in [2.45, 2.75) is 6.04 Å². The first-order valence-corrected chi connectivity index (χ1v) is 4.61.